The molecule has 0 aliphatic carbocycles. The van der Waals surface area contributed by atoms with E-state index in [2.05, 4.69) is 39.9 Å². The first-order valence-corrected chi connectivity index (χ1v) is 11.9. The average molecular weight is 474 g/mol. The first kappa shape index (κ1) is 23.4. The van der Waals surface area contributed by atoms with Gasteiger partial charge in [0.15, 0.2) is 0 Å². The number of ether oxygens (including phenoxy) is 1. The highest BCUT2D eigenvalue weighted by molar-refractivity contribution is 7.20. The van der Waals surface area contributed by atoms with Crippen LogP contribution in [0.25, 0.3) is 21.2 Å². The smallest absolute Gasteiger partial charge is 0.308 e. The minimum Gasteiger partial charge on any atom is -0.460 e. The Morgan fingerprint density at radius 2 is 1.68 bits per heavy atom. The molecule has 0 unspecified atom stereocenters. The van der Waals surface area contributed by atoms with Crippen LogP contribution in [0, 0.1) is 0 Å². The number of esters is 1. The van der Waals surface area contributed by atoms with Crippen molar-refractivity contribution in [2.24, 2.45) is 0 Å². The summed E-state index contributed by atoms with van der Waals surface area (Å²) in [6, 6.07) is 20.3. The predicted octanol–water partition coefficient (Wildman–Crippen LogP) is 6.17. The Labute approximate surface area is 203 Å². The maximum Gasteiger partial charge on any atom is 0.308 e. The fourth-order valence-electron chi connectivity index (χ4n) is 3.46. The van der Waals surface area contributed by atoms with Crippen LogP contribution < -0.4 is 10.6 Å². The Hall–Kier alpha value is -3.71. The van der Waals surface area contributed by atoms with Gasteiger partial charge in [0.1, 0.15) is 5.60 Å². The third-order valence-corrected chi connectivity index (χ3v) is 6.04. The summed E-state index contributed by atoms with van der Waals surface area (Å²) in [7, 11) is 0. The number of carbonyl (C=O) groups excluding carboxylic acids is 2. The number of benzene rings is 2. The van der Waals surface area contributed by atoms with Gasteiger partial charge in [-0.15, -0.1) is 11.3 Å². The molecule has 2 aromatic carbocycles. The van der Waals surface area contributed by atoms with E-state index in [4.69, 9.17) is 4.74 Å². The minimum absolute atomic E-state index is 0.126. The summed E-state index contributed by atoms with van der Waals surface area (Å²) < 4.78 is 6.18. The molecule has 0 fully saturated rings. The molecule has 4 rings (SSSR count). The van der Waals surface area contributed by atoms with Crippen molar-refractivity contribution in [2.75, 3.05) is 11.9 Å². The summed E-state index contributed by atoms with van der Waals surface area (Å²) in [6.45, 7) is 5.67. The summed E-state index contributed by atoms with van der Waals surface area (Å²) in [5.74, 6) is -0.555. The molecule has 0 saturated carbocycles. The Morgan fingerprint density at radius 3 is 2.38 bits per heavy atom. The van der Waals surface area contributed by atoms with E-state index >= 15 is 0 Å². The number of fused-ring (bicyclic) bond motifs is 1. The van der Waals surface area contributed by atoms with Gasteiger partial charge in [-0.25, -0.2) is 0 Å². The zero-order valence-electron chi connectivity index (χ0n) is 19.4. The number of aromatic nitrogens is 1. The molecular weight excluding hydrogens is 446 g/mol. The number of pyridine rings is 1. The van der Waals surface area contributed by atoms with Crippen LogP contribution >= 0.6 is 11.3 Å². The molecule has 6 nitrogen and oxygen atoms in total. The number of hydrogen-bond acceptors (Lipinski definition) is 6. The lowest BCUT2D eigenvalue weighted by Crippen LogP contribution is -2.29. The van der Waals surface area contributed by atoms with Gasteiger partial charge in [-0.1, -0.05) is 42.5 Å². The molecule has 7 heteroatoms. The molecule has 0 atom stereocenters. The topological polar surface area (TPSA) is 80.3 Å². The van der Waals surface area contributed by atoms with Gasteiger partial charge in [-0.05, 0) is 50.1 Å². The molecule has 0 saturated heterocycles. The van der Waals surface area contributed by atoms with Gasteiger partial charge in [0.2, 0.25) is 0 Å². The van der Waals surface area contributed by atoms with Crippen molar-refractivity contribution in [3.05, 3.63) is 77.9 Å². The molecule has 2 aromatic heterocycles. The van der Waals surface area contributed by atoms with Gasteiger partial charge in [0.05, 0.1) is 27.9 Å². The SMILES string of the molecule is CC(C)(C)OC(=O)CCNC(=O)c1cc2c(Nc3ccc(-c4ccccc4)cc3)cncc2s1. The highest BCUT2D eigenvalue weighted by atomic mass is 32.1. The van der Waals surface area contributed by atoms with Crippen LogP contribution in [-0.4, -0.2) is 29.0 Å². The highest BCUT2D eigenvalue weighted by Crippen LogP contribution is 2.32. The minimum atomic E-state index is -0.537. The van der Waals surface area contributed by atoms with Crippen molar-refractivity contribution >= 4 is 44.7 Å². The summed E-state index contributed by atoms with van der Waals surface area (Å²) in [4.78, 5) is 29.4. The van der Waals surface area contributed by atoms with Gasteiger partial charge in [0, 0.05) is 23.8 Å². The molecule has 2 heterocycles. The monoisotopic (exact) mass is 473 g/mol. The Morgan fingerprint density at radius 1 is 0.971 bits per heavy atom. The third kappa shape index (κ3) is 5.99. The van der Waals surface area contributed by atoms with E-state index in [1.165, 1.54) is 11.3 Å². The lowest BCUT2D eigenvalue weighted by atomic mass is 10.1. The molecule has 4 aromatic rings. The van der Waals surface area contributed by atoms with Crippen molar-refractivity contribution in [1.29, 1.82) is 0 Å². The second-order valence-electron chi connectivity index (χ2n) is 8.87. The van der Waals surface area contributed by atoms with Crippen LogP contribution in [0.2, 0.25) is 0 Å². The number of thiophene rings is 1. The molecule has 0 radical (unpaired) electrons. The average Bonchev–Trinajstić information content (AvgIpc) is 3.25. The fourth-order valence-corrected chi connectivity index (χ4v) is 4.43. The van der Waals surface area contributed by atoms with Crippen LogP contribution in [0.15, 0.2) is 73.1 Å². The normalized spacial score (nSPS) is 11.3. The van der Waals surface area contributed by atoms with Gasteiger partial charge in [-0.3, -0.25) is 14.6 Å². The Kier molecular flexibility index (Phi) is 6.93. The maximum atomic E-state index is 12.6. The Balaban J connectivity index is 1.42. The second kappa shape index (κ2) is 10.1. The van der Waals surface area contributed by atoms with Gasteiger partial charge < -0.3 is 15.4 Å². The van der Waals surface area contributed by atoms with E-state index in [1.807, 2.05) is 57.2 Å². The van der Waals surface area contributed by atoms with Gasteiger partial charge in [-0.2, -0.15) is 0 Å². The van der Waals surface area contributed by atoms with Crippen LogP contribution in [0.1, 0.15) is 36.9 Å². The molecule has 1 amide bonds. The van der Waals surface area contributed by atoms with Crippen LogP contribution in [0.4, 0.5) is 11.4 Å². The number of nitrogens with zero attached hydrogens (tertiary/aromatic N) is 1. The van der Waals surface area contributed by atoms with Crippen molar-refractivity contribution in [3.8, 4) is 11.1 Å². The first-order valence-electron chi connectivity index (χ1n) is 11.1. The quantitative estimate of drug-likeness (QED) is 0.314. The van der Waals surface area contributed by atoms with E-state index in [0.717, 1.165) is 32.6 Å². The number of amides is 1. The van der Waals surface area contributed by atoms with Crippen molar-refractivity contribution in [1.82, 2.24) is 10.3 Å². The van der Waals surface area contributed by atoms with E-state index < -0.39 is 5.60 Å². The lowest BCUT2D eigenvalue weighted by molar-refractivity contribution is -0.154. The van der Waals surface area contributed by atoms with Crippen molar-refractivity contribution in [3.63, 3.8) is 0 Å². The first-order chi connectivity index (χ1) is 16.3. The van der Waals surface area contributed by atoms with Crippen molar-refractivity contribution in [2.45, 2.75) is 32.8 Å². The molecule has 2 N–H and O–H groups in total. The standard InChI is InChI=1S/C27H27N3O3S/c1-27(2,3)33-25(31)13-14-29-26(32)23-15-21-22(16-28-17-24(21)34-23)30-20-11-9-19(10-12-20)18-7-5-4-6-8-18/h4-12,15-17,30H,13-14H2,1-3H3,(H,29,32). The fraction of sp³-hybridized carbons (Fsp3) is 0.222. The summed E-state index contributed by atoms with van der Waals surface area (Å²) in [6.07, 6.45) is 3.63. The van der Waals surface area contributed by atoms with E-state index in [0.29, 0.717) is 4.88 Å². The highest BCUT2D eigenvalue weighted by Gasteiger charge is 2.17. The van der Waals surface area contributed by atoms with E-state index in [9.17, 15) is 9.59 Å². The third-order valence-electron chi connectivity index (χ3n) is 4.98. The number of nitrogens with one attached hydrogen (secondary N) is 2. The molecule has 174 valence electrons. The summed E-state index contributed by atoms with van der Waals surface area (Å²) >= 11 is 1.37. The molecule has 0 spiro atoms. The number of rotatable bonds is 7. The van der Waals surface area contributed by atoms with Crippen LogP contribution in [-0.2, 0) is 9.53 Å². The van der Waals surface area contributed by atoms with Crippen molar-refractivity contribution < 1.29 is 14.3 Å². The summed E-state index contributed by atoms with van der Waals surface area (Å²) in [5.41, 5.74) is 3.53. The van der Waals surface area contributed by atoms with Crippen LogP contribution in [0.3, 0.4) is 0 Å². The zero-order valence-corrected chi connectivity index (χ0v) is 20.2. The summed E-state index contributed by atoms with van der Waals surface area (Å²) in [5, 5.41) is 7.13. The zero-order chi connectivity index (χ0) is 24.1. The second-order valence-corrected chi connectivity index (χ2v) is 9.95. The molecule has 0 bridgehead atoms. The Bertz CT molecular complexity index is 1290. The number of carbonyl (C=O) groups is 2. The van der Waals surface area contributed by atoms with Gasteiger partial charge in [0.25, 0.3) is 5.91 Å². The number of anilines is 2. The molecular formula is C27H27N3O3S. The van der Waals surface area contributed by atoms with E-state index in [1.54, 1.807) is 12.4 Å². The van der Waals surface area contributed by atoms with E-state index in [-0.39, 0.29) is 24.8 Å². The van der Waals surface area contributed by atoms with Crippen LogP contribution in [0.5, 0.6) is 0 Å². The lowest BCUT2D eigenvalue weighted by Gasteiger charge is -2.19. The van der Waals surface area contributed by atoms with Gasteiger partial charge >= 0.3 is 5.97 Å². The number of hydrogen-bond donors (Lipinski definition) is 2. The molecule has 34 heavy (non-hydrogen) atoms. The maximum absolute atomic E-state index is 12.6. The molecule has 0 aliphatic rings. The largest absolute Gasteiger partial charge is 0.460 e. The molecule has 0 aliphatic heterocycles. The predicted molar refractivity (Wildman–Crippen MR) is 138 cm³/mol.